The van der Waals surface area contributed by atoms with Crippen LogP contribution in [0, 0.1) is 0 Å². The number of ether oxygens (including phenoxy) is 4. The largest absolute Gasteiger partial charge is 0.493 e. The number of methoxy groups -OCH3 is 1. The summed E-state index contributed by atoms with van der Waals surface area (Å²) in [7, 11) is 1.62. The summed E-state index contributed by atoms with van der Waals surface area (Å²) in [5.41, 5.74) is 3.18. The van der Waals surface area contributed by atoms with Gasteiger partial charge >= 0.3 is 0 Å². The summed E-state index contributed by atoms with van der Waals surface area (Å²) in [5.74, 6) is 2.87. The highest BCUT2D eigenvalue weighted by atomic mass is 16.7. The maximum absolute atomic E-state index is 5.89. The van der Waals surface area contributed by atoms with Crippen molar-refractivity contribution < 1.29 is 18.9 Å². The van der Waals surface area contributed by atoms with Crippen LogP contribution in [-0.4, -0.2) is 13.9 Å². The monoisotopic (exact) mass is 360 g/mol. The van der Waals surface area contributed by atoms with Gasteiger partial charge in [-0.1, -0.05) is 54.6 Å². The first kappa shape index (κ1) is 17.0. The molecule has 3 aromatic rings. The van der Waals surface area contributed by atoms with Gasteiger partial charge in [-0.15, -0.1) is 0 Å². The van der Waals surface area contributed by atoms with E-state index in [4.69, 9.17) is 18.9 Å². The zero-order chi connectivity index (χ0) is 18.5. The highest BCUT2D eigenvalue weighted by molar-refractivity contribution is 5.73. The van der Waals surface area contributed by atoms with Crippen molar-refractivity contribution in [1.82, 2.24) is 0 Å². The van der Waals surface area contributed by atoms with Crippen molar-refractivity contribution in [2.24, 2.45) is 0 Å². The van der Waals surface area contributed by atoms with Crippen molar-refractivity contribution in [3.8, 4) is 23.0 Å². The van der Waals surface area contributed by atoms with Crippen LogP contribution in [0.4, 0.5) is 0 Å². The van der Waals surface area contributed by atoms with E-state index in [1.54, 1.807) is 7.11 Å². The molecular weight excluding hydrogens is 340 g/mol. The summed E-state index contributed by atoms with van der Waals surface area (Å²) in [6.45, 7) is 0.771. The number of benzene rings is 3. The van der Waals surface area contributed by atoms with Crippen molar-refractivity contribution in [1.29, 1.82) is 0 Å². The van der Waals surface area contributed by atoms with Gasteiger partial charge in [-0.05, 0) is 41.0 Å². The van der Waals surface area contributed by atoms with Crippen molar-refractivity contribution in [3.05, 3.63) is 83.4 Å². The zero-order valence-corrected chi connectivity index (χ0v) is 15.1. The Kier molecular flexibility index (Phi) is 4.97. The second-order valence-corrected chi connectivity index (χ2v) is 6.14. The highest BCUT2D eigenvalue weighted by Crippen LogP contribution is 2.42. The standard InChI is InChI=1S/C23H20O4/c1-24-21-13-19(14-22-23(21)27-16-26-22)11-10-17-8-5-9-20(12-17)25-15-18-6-3-2-4-7-18/h2-14H,15-16H2,1H3/b11-10+. The molecule has 0 N–H and O–H groups in total. The summed E-state index contributed by atoms with van der Waals surface area (Å²) < 4.78 is 22.2. The topological polar surface area (TPSA) is 36.9 Å². The number of hydrogen-bond donors (Lipinski definition) is 0. The van der Waals surface area contributed by atoms with Crippen LogP contribution in [0.5, 0.6) is 23.0 Å². The molecule has 0 atom stereocenters. The highest BCUT2D eigenvalue weighted by Gasteiger charge is 2.19. The molecule has 0 bridgehead atoms. The molecule has 27 heavy (non-hydrogen) atoms. The van der Waals surface area contributed by atoms with E-state index in [0.29, 0.717) is 23.9 Å². The van der Waals surface area contributed by atoms with Gasteiger partial charge in [0, 0.05) is 0 Å². The minimum absolute atomic E-state index is 0.222. The van der Waals surface area contributed by atoms with Crippen LogP contribution in [0.15, 0.2) is 66.7 Å². The van der Waals surface area contributed by atoms with Crippen LogP contribution in [0.1, 0.15) is 16.7 Å². The fourth-order valence-corrected chi connectivity index (χ4v) is 2.89. The van der Waals surface area contributed by atoms with E-state index in [9.17, 15) is 0 Å². The normalized spacial score (nSPS) is 12.3. The van der Waals surface area contributed by atoms with Crippen LogP contribution in [0.2, 0.25) is 0 Å². The molecule has 0 aliphatic carbocycles. The molecule has 0 fully saturated rings. The van der Waals surface area contributed by atoms with E-state index in [-0.39, 0.29) is 6.79 Å². The van der Waals surface area contributed by atoms with Crippen molar-refractivity contribution >= 4 is 12.2 Å². The molecule has 0 unspecified atom stereocenters. The first-order chi connectivity index (χ1) is 13.3. The molecule has 0 amide bonds. The van der Waals surface area contributed by atoms with Gasteiger partial charge in [0.15, 0.2) is 11.5 Å². The Morgan fingerprint density at radius 1 is 0.889 bits per heavy atom. The molecule has 136 valence electrons. The van der Waals surface area contributed by atoms with Gasteiger partial charge in [-0.25, -0.2) is 0 Å². The van der Waals surface area contributed by atoms with Gasteiger partial charge in [-0.2, -0.15) is 0 Å². The molecule has 1 aliphatic rings. The first-order valence-electron chi connectivity index (χ1n) is 8.74. The van der Waals surface area contributed by atoms with Gasteiger partial charge in [0.1, 0.15) is 12.4 Å². The summed E-state index contributed by atoms with van der Waals surface area (Å²) in [4.78, 5) is 0. The zero-order valence-electron chi connectivity index (χ0n) is 15.1. The van der Waals surface area contributed by atoms with E-state index in [1.807, 2.05) is 66.7 Å². The summed E-state index contributed by atoms with van der Waals surface area (Å²) in [6.07, 6.45) is 4.05. The van der Waals surface area contributed by atoms with Crippen molar-refractivity contribution in [2.45, 2.75) is 6.61 Å². The second-order valence-electron chi connectivity index (χ2n) is 6.14. The molecule has 1 heterocycles. The maximum Gasteiger partial charge on any atom is 0.231 e. The molecule has 4 heteroatoms. The van der Waals surface area contributed by atoms with E-state index in [0.717, 1.165) is 22.4 Å². The average molecular weight is 360 g/mol. The molecule has 0 saturated heterocycles. The molecule has 1 aliphatic heterocycles. The molecule has 0 radical (unpaired) electrons. The number of fused-ring (bicyclic) bond motifs is 1. The Labute approximate surface area is 158 Å². The molecule has 0 aromatic heterocycles. The van der Waals surface area contributed by atoms with Gasteiger partial charge in [0.2, 0.25) is 12.5 Å². The third-order valence-corrected chi connectivity index (χ3v) is 4.26. The predicted molar refractivity (Wildman–Crippen MR) is 105 cm³/mol. The smallest absolute Gasteiger partial charge is 0.231 e. The predicted octanol–water partition coefficient (Wildman–Crippen LogP) is 5.17. The van der Waals surface area contributed by atoms with E-state index < -0.39 is 0 Å². The van der Waals surface area contributed by atoms with Crippen LogP contribution >= 0.6 is 0 Å². The second kappa shape index (κ2) is 7.87. The lowest BCUT2D eigenvalue weighted by atomic mass is 10.1. The van der Waals surface area contributed by atoms with Gasteiger partial charge in [0.05, 0.1) is 7.11 Å². The fourth-order valence-electron chi connectivity index (χ4n) is 2.89. The summed E-state index contributed by atoms with van der Waals surface area (Å²) in [5, 5.41) is 0. The summed E-state index contributed by atoms with van der Waals surface area (Å²) >= 11 is 0. The Hall–Kier alpha value is -3.40. The lowest BCUT2D eigenvalue weighted by Gasteiger charge is -2.07. The van der Waals surface area contributed by atoms with Crippen molar-refractivity contribution in [3.63, 3.8) is 0 Å². The quantitative estimate of drug-likeness (QED) is 0.568. The minimum Gasteiger partial charge on any atom is -0.493 e. The lowest BCUT2D eigenvalue weighted by Crippen LogP contribution is -1.94. The molecule has 4 rings (SSSR count). The Bertz CT molecular complexity index is 948. The third kappa shape index (κ3) is 4.06. The molecule has 3 aromatic carbocycles. The molecular formula is C23H20O4. The van der Waals surface area contributed by atoms with Gasteiger partial charge in [0.25, 0.3) is 0 Å². The lowest BCUT2D eigenvalue weighted by molar-refractivity contribution is 0.171. The Morgan fingerprint density at radius 3 is 2.59 bits per heavy atom. The molecule has 0 saturated carbocycles. The maximum atomic E-state index is 5.89. The van der Waals surface area contributed by atoms with Gasteiger partial charge < -0.3 is 18.9 Å². The van der Waals surface area contributed by atoms with Gasteiger partial charge in [-0.3, -0.25) is 0 Å². The number of hydrogen-bond acceptors (Lipinski definition) is 4. The van der Waals surface area contributed by atoms with Crippen LogP contribution in [-0.2, 0) is 6.61 Å². The number of rotatable bonds is 6. The Morgan fingerprint density at radius 2 is 1.74 bits per heavy atom. The summed E-state index contributed by atoms with van der Waals surface area (Å²) in [6, 6.07) is 22.0. The first-order valence-corrected chi connectivity index (χ1v) is 8.74. The van der Waals surface area contributed by atoms with Crippen LogP contribution < -0.4 is 18.9 Å². The van der Waals surface area contributed by atoms with Crippen LogP contribution in [0.3, 0.4) is 0 Å². The Balaban J connectivity index is 1.48. The van der Waals surface area contributed by atoms with Crippen LogP contribution in [0.25, 0.3) is 12.2 Å². The van der Waals surface area contributed by atoms with E-state index >= 15 is 0 Å². The average Bonchev–Trinajstić information content (AvgIpc) is 3.20. The van der Waals surface area contributed by atoms with E-state index in [2.05, 4.69) is 12.1 Å². The molecule has 4 nitrogen and oxygen atoms in total. The fraction of sp³-hybridized carbons (Fsp3) is 0.130. The molecule has 0 spiro atoms. The van der Waals surface area contributed by atoms with Crippen molar-refractivity contribution in [2.75, 3.05) is 13.9 Å². The SMILES string of the molecule is COc1cc(/C=C/c2cccc(OCc3ccccc3)c2)cc2c1OCO2. The minimum atomic E-state index is 0.222. The van der Waals surface area contributed by atoms with E-state index in [1.165, 1.54) is 0 Å². The third-order valence-electron chi connectivity index (χ3n) is 4.26.